The van der Waals surface area contributed by atoms with Crippen LogP contribution in [0.1, 0.15) is 47.5 Å². The van der Waals surface area contributed by atoms with Crippen LogP contribution < -0.4 is 5.73 Å². The van der Waals surface area contributed by atoms with Crippen molar-refractivity contribution >= 4 is 29.6 Å². The minimum atomic E-state index is -1.01. The number of carbonyl (C=O) groups is 5. The SMILES string of the molecule is CC.CC.CC(=O)C1CCCN1C.NC(=O)CN1CCN(CC(=O)O)CCN(CC(=O)O)CCN(CC(=O)O)CC1. The molecule has 2 fully saturated rings. The second kappa shape index (κ2) is 24.0. The van der Waals surface area contributed by atoms with E-state index < -0.39 is 23.8 Å². The Hall–Kier alpha value is -2.65. The summed E-state index contributed by atoms with van der Waals surface area (Å²) in [4.78, 5) is 64.4. The van der Waals surface area contributed by atoms with E-state index in [4.69, 9.17) is 21.1 Å². The maximum Gasteiger partial charge on any atom is 0.317 e. The molecule has 0 aromatic rings. The number of carboxylic acids is 3. The van der Waals surface area contributed by atoms with Gasteiger partial charge in [0.05, 0.1) is 32.2 Å². The maximum atomic E-state index is 11.3. The van der Waals surface area contributed by atoms with Crippen LogP contribution in [-0.4, -0.2) is 168 Å². The number of aliphatic carboxylic acids is 3. The number of hydrogen-bond donors (Lipinski definition) is 4. The highest BCUT2D eigenvalue weighted by atomic mass is 16.4. The quantitative estimate of drug-likeness (QED) is 0.273. The molecule has 240 valence electrons. The number of carboxylic acid groups (broad SMARTS) is 3. The number of likely N-dealkylation sites (N-methyl/N-ethyl adjacent to an activating group) is 1. The third kappa shape index (κ3) is 20.8. The number of ketones is 1. The molecule has 1 atom stereocenters. The van der Waals surface area contributed by atoms with E-state index in [1.54, 1.807) is 26.5 Å². The summed E-state index contributed by atoms with van der Waals surface area (Å²) in [5.74, 6) is -3.20. The van der Waals surface area contributed by atoms with Crippen LogP contribution >= 0.6 is 0 Å². The van der Waals surface area contributed by atoms with Gasteiger partial charge in [-0.05, 0) is 33.4 Å². The topological polar surface area (TPSA) is 188 Å². The zero-order valence-corrected chi connectivity index (χ0v) is 25.9. The zero-order valence-electron chi connectivity index (χ0n) is 25.9. The predicted octanol–water partition coefficient (Wildman–Crippen LogP) is -0.331. The third-order valence-electron chi connectivity index (χ3n) is 6.38. The molecule has 2 rings (SSSR count). The van der Waals surface area contributed by atoms with Gasteiger partial charge in [-0.1, -0.05) is 27.7 Å². The van der Waals surface area contributed by atoms with E-state index in [1.165, 1.54) is 6.42 Å². The summed E-state index contributed by atoms with van der Waals surface area (Å²) in [6.45, 7) is 13.0. The van der Waals surface area contributed by atoms with Gasteiger partial charge in [0.1, 0.15) is 5.78 Å². The smallest absolute Gasteiger partial charge is 0.317 e. The van der Waals surface area contributed by atoms with Crippen molar-refractivity contribution in [1.82, 2.24) is 24.5 Å². The normalized spacial score (nSPS) is 19.9. The Bertz CT molecular complexity index is 673. The second-order valence-electron chi connectivity index (χ2n) is 9.50. The Balaban J connectivity index is 0. The lowest BCUT2D eigenvalue weighted by Crippen LogP contribution is -2.49. The number of likely N-dealkylation sites (tertiary alicyclic amines) is 1. The largest absolute Gasteiger partial charge is 0.480 e. The van der Waals surface area contributed by atoms with Gasteiger partial charge in [0.2, 0.25) is 5.91 Å². The number of carbonyl (C=O) groups excluding carboxylic acids is 2. The van der Waals surface area contributed by atoms with Crippen molar-refractivity contribution in [3.63, 3.8) is 0 Å². The minimum absolute atomic E-state index is 0.00698. The summed E-state index contributed by atoms with van der Waals surface area (Å²) in [7, 11) is 2.01. The Morgan fingerprint density at radius 1 is 0.610 bits per heavy atom. The monoisotopic (exact) mass is 590 g/mol. The fraction of sp³-hybridized carbons (Fsp3) is 0.815. The van der Waals surface area contributed by atoms with Gasteiger partial charge in [-0.15, -0.1) is 0 Å². The van der Waals surface area contributed by atoms with E-state index in [0.717, 1.165) is 13.0 Å². The van der Waals surface area contributed by atoms with Gasteiger partial charge in [0, 0.05) is 52.4 Å². The van der Waals surface area contributed by atoms with E-state index in [-0.39, 0.29) is 32.2 Å². The summed E-state index contributed by atoms with van der Waals surface area (Å²) >= 11 is 0. The molecule has 0 aromatic carbocycles. The Kier molecular flexibility index (Phi) is 23.7. The molecule has 2 aliphatic rings. The molecular formula is C27H54N6O8. The number of primary amides is 1. The summed E-state index contributed by atoms with van der Waals surface area (Å²) in [6, 6.07) is 0.227. The highest BCUT2D eigenvalue weighted by Crippen LogP contribution is 2.14. The van der Waals surface area contributed by atoms with E-state index in [2.05, 4.69) is 4.90 Å². The average Bonchev–Trinajstić information content (AvgIpc) is 3.33. The van der Waals surface area contributed by atoms with Crippen molar-refractivity contribution in [3.05, 3.63) is 0 Å². The van der Waals surface area contributed by atoms with E-state index in [0.29, 0.717) is 58.1 Å². The van der Waals surface area contributed by atoms with Crippen molar-refractivity contribution < 1.29 is 39.3 Å². The van der Waals surface area contributed by atoms with Crippen LogP contribution in [0.4, 0.5) is 0 Å². The van der Waals surface area contributed by atoms with Crippen LogP contribution in [0.3, 0.4) is 0 Å². The summed E-state index contributed by atoms with van der Waals surface area (Å²) < 4.78 is 0. The van der Waals surface area contributed by atoms with Gasteiger partial charge in [0.25, 0.3) is 0 Å². The molecule has 14 heteroatoms. The minimum Gasteiger partial charge on any atom is -0.480 e. The third-order valence-corrected chi connectivity index (χ3v) is 6.38. The molecular weight excluding hydrogens is 536 g/mol. The highest BCUT2D eigenvalue weighted by Gasteiger charge is 2.24. The molecule has 14 nitrogen and oxygen atoms in total. The molecule has 0 aromatic heterocycles. The lowest BCUT2D eigenvalue weighted by atomic mass is 10.1. The molecule has 0 bridgehead atoms. The van der Waals surface area contributed by atoms with Gasteiger partial charge >= 0.3 is 17.9 Å². The number of nitrogens with zero attached hydrogens (tertiary/aromatic N) is 5. The van der Waals surface area contributed by atoms with Crippen molar-refractivity contribution in [1.29, 1.82) is 0 Å². The first kappa shape index (κ1) is 40.5. The first-order valence-electron chi connectivity index (χ1n) is 14.4. The lowest BCUT2D eigenvalue weighted by Gasteiger charge is -2.32. The molecule has 2 heterocycles. The molecule has 0 saturated carbocycles. The van der Waals surface area contributed by atoms with Crippen LogP contribution in [0.15, 0.2) is 0 Å². The molecule has 1 amide bonds. The molecule has 2 saturated heterocycles. The van der Waals surface area contributed by atoms with Gasteiger partial charge in [-0.3, -0.25) is 48.5 Å². The standard InChI is InChI=1S/C16H29N5O7.C7H13NO.2C2H6/c17-13(22)9-18-1-3-19(10-14(23)24)5-7-21(12-16(27)28)8-6-20(4-2-18)11-15(25)26;1-6(9)7-4-3-5-8(7)2;2*1-2/h1-12H2,(H2,17,22)(H,23,24)(H,25,26)(H,27,28);7H,3-5H2,1-2H3;2*1-2H3. The van der Waals surface area contributed by atoms with Crippen molar-refractivity contribution in [2.24, 2.45) is 5.73 Å². The van der Waals surface area contributed by atoms with Crippen LogP contribution in [0.2, 0.25) is 0 Å². The lowest BCUT2D eigenvalue weighted by molar-refractivity contribution is -0.140. The summed E-state index contributed by atoms with van der Waals surface area (Å²) in [5.41, 5.74) is 5.28. The number of amides is 1. The Morgan fingerprint density at radius 3 is 1.07 bits per heavy atom. The maximum absolute atomic E-state index is 11.3. The molecule has 41 heavy (non-hydrogen) atoms. The highest BCUT2D eigenvalue weighted by molar-refractivity contribution is 5.81. The Morgan fingerprint density at radius 2 is 0.902 bits per heavy atom. The second-order valence-corrected chi connectivity index (χ2v) is 9.50. The molecule has 5 N–H and O–H groups in total. The van der Waals surface area contributed by atoms with Gasteiger partial charge in [-0.2, -0.15) is 0 Å². The first-order chi connectivity index (χ1) is 19.4. The molecule has 2 aliphatic heterocycles. The summed E-state index contributed by atoms with van der Waals surface area (Å²) in [5, 5.41) is 27.3. The molecule has 0 radical (unpaired) electrons. The zero-order chi connectivity index (χ0) is 32.0. The fourth-order valence-electron chi connectivity index (χ4n) is 4.43. The molecule has 0 spiro atoms. The van der Waals surface area contributed by atoms with Crippen molar-refractivity contribution in [2.75, 3.05) is 92.1 Å². The van der Waals surface area contributed by atoms with Gasteiger partial charge < -0.3 is 21.1 Å². The number of hydrogen-bond acceptors (Lipinski definition) is 10. The number of rotatable bonds is 9. The first-order valence-corrected chi connectivity index (χ1v) is 14.4. The van der Waals surface area contributed by atoms with E-state index >= 15 is 0 Å². The van der Waals surface area contributed by atoms with Gasteiger partial charge in [-0.25, -0.2) is 0 Å². The number of Topliss-reactive ketones (excluding diaryl/α,β-unsaturated/α-hetero) is 1. The van der Waals surface area contributed by atoms with Crippen molar-refractivity contribution in [2.45, 2.75) is 53.5 Å². The van der Waals surface area contributed by atoms with E-state index in [9.17, 15) is 24.0 Å². The molecule has 0 aliphatic carbocycles. The fourth-order valence-corrected chi connectivity index (χ4v) is 4.43. The van der Waals surface area contributed by atoms with Crippen LogP contribution in [0.5, 0.6) is 0 Å². The molecule has 1 unspecified atom stereocenters. The number of nitrogens with two attached hydrogens (primary N) is 1. The summed E-state index contributed by atoms with van der Waals surface area (Å²) in [6.07, 6.45) is 2.24. The van der Waals surface area contributed by atoms with E-state index in [1.807, 2.05) is 34.7 Å². The van der Waals surface area contributed by atoms with Crippen LogP contribution in [0, 0.1) is 0 Å². The predicted molar refractivity (Wildman–Crippen MR) is 157 cm³/mol. The van der Waals surface area contributed by atoms with Crippen LogP contribution in [0.25, 0.3) is 0 Å². The van der Waals surface area contributed by atoms with Gasteiger partial charge in [0.15, 0.2) is 0 Å². The average molecular weight is 591 g/mol. The Labute approximate surface area is 245 Å². The van der Waals surface area contributed by atoms with Crippen LogP contribution in [-0.2, 0) is 24.0 Å². The van der Waals surface area contributed by atoms with Crippen molar-refractivity contribution in [3.8, 4) is 0 Å².